The lowest BCUT2D eigenvalue weighted by molar-refractivity contribution is -0.141. The molecule has 0 unspecified atom stereocenters. The first-order chi connectivity index (χ1) is 11.1. The minimum Gasteiger partial charge on any atom is -0.360 e. The number of halogens is 4. The molecular formula is C15H19BrF3N3OS. The van der Waals surface area contributed by atoms with E-state index in [1.54, 1.807) is 12.1 Å². The molecule has 0 N–H and O–H groups in total. The van der Waals surface area contributed by atoms with Gasteiger partial charge in [0.25, 0.3) is 0 Å². The zero-order valence-corrected chi connectivity index (χ0v) is 16.0. The van der Waals surface area contributed by atoms with E-state index in [1.807, 2.05) is 0 Å². The summed E-state index contributed by atoms with van der Waals surface area (Å²) < 4.78 is 46.5. The maximum atomic E-state index is 13.0. The van der Waals surface area contributed by atoms with Crippen LogP contribution in [0.15, 0.2) is 29.0 Å². The molecule has 4 nitrogen and oxygen atoms in total. The first-order valence-electron chi connectivity index (χ1n) is 7.06. The van der Waals surface area contributed by atoms with E-state index in [9.17, 15) is 13.2 Å². The van der Waals surface area contributed by atoms with Crippen molar-refractivity contribution < 1.29 is 17.9 Å². The van der Waals surface area contributed by atoms with Gasteiger partial charge in [-0.25, -0.2) is 15.0 Å². The predicted octanol–water partition coefficient (Wildman–Crippen LogP) is 4.39. The van der Waals surface area contributed by atoms with E-state index >= 15 is 0 Å². The number of pyridine rings is 1. The van der Waals surface area contributed by atoms with Crippen molar-refractivity contribution in [1.82, 2.24) is 14.5 Å². The lowest BCUT2D eigenvalue weighted by Crippen LogP contribution is -2.10. The summed E-state index contributed by atoms with van der Waals surface area (Å²) in [5, 5.41) is 0. The third kappa shape index (κ3) is 5.49. The molecule has 0 amide bonds. The van der Waals surface area contributed by atoms with Gasteiger partial charge in [0.05, 0.1) is 6.61 Å². The Morgan fingerprint density at radius 2 is 1.96 bits per heavy atom. The van der Waals surface area contributed by atoms with E-state index in [4.69, 9.17) is 4.74 Å². The second-order valence-electron chi connectivity index (χ2n) is 6.11. The van der Waals surface area contributed by atoms with Crippen LogP contribution in [0.2, 0.25) is 0 Å². The quantitative estimate of drug-likeness (QED) is 0.644. The highest BCUT2D eigenvalue weighted by atomic mass is 79.9. The topological polar surface area (TPSA) is 39.9 Å². The Bertz CT molecular complexity index is 681. The highest BCUT2D eigenvalue weighted by molar-refractivity contribution is 9.10. The van der Waals surface area contributed by atoms with Gasteiger partial charge in [-0.05, 0) is 46.8 Å². The standard InChI is InChI=1S/C15H19BrF3N3OS/c1-24(2,3)7-6-23-10-22-9-13(15(17,18)19)21-14(22)12-5-4-11(16)8-20-12/h4-5,8-9H,6-7,10H2,1-3H3. The fraction of sp³-hybridized carbons (Fsp3) is 0.467. The van der Waals surface area contributed by atoms with Crippen LogP contribution in [0.4, 0.5) is 13.2 Å². The van der Waals surface area contributed by atoms with Gasteiger partial charge in [-0.1, -0.05) is 0 Å². The van der Waals surface area contributed by atoms with Crippen LogP contribution in [0.5, 0.6) is 0 Å². The Hall–Kier alpha value is -1.06. The van der Waals surface area contributed by atoms with Gasteiger partial charge < -0.3 is 9.30 Å². The molecule has 2 heterocycles. The summed E-state index contributed by atoms with van der Waals surface area (Å²) in [4.78, 5) is 7.82. The highest BCUT2D eigenvalue weighted by Gasteiger charge is 2.35. The Balaban J connectivity index is 2.21. The van der Waals surface area contributed by atoms with Crippen molar-refractivity contribution in [3.8, 4) is 11.5 Å². The molecule has 0 atom stereocenters. The maximum absolute atomic E-state index is 13.0. The summed E-state index contributed by atoms with van der Waals surface area (Å²) in [6.45, 7) is 0.497. The molecule has 0 spiro atoms. The van der Waals surface area contributed by atoms with Gasteiger partial charge in [0, 0.05) is 22.6 Å². The number of aromatic nitrogens is 3. The van der Waals surface area contributed by atoms with Gasteiger partial charge in [0.2, 0.25) is 0 Å². The molecule has 0 aliphatic rings. The van der Waals surface area contributed by atoms with Crippen molar-refractivity contribution in [2.75, 3.05) is 31.1 Å². The van der Waals surface area contributed by atoms with Gasteiger partial charge in [0.1, 0.15) is 12.4 Å². The van der Waals surface area contributed by atoms with Gasteiger partial charge in [-0.3, -0.25) is 4.98 Å². The molecule has 2 aromatic heterocycles. The van der Waals surface area contributed by atoms with E-state index in [0.717, 1.165) is 16.4 Å². The van der Waals surface area contributed by atoms with Crippen LogP contribution in [0.3, 0.4) is 0 Å². The molecule has 0 saturated heterocycles. The van der Waals surface area contributed by atoms with Crippen LogP contribution >= 0.6 is 26.0 Å². The van der Waals surface area contributed by atoms with E-state index in [-0.39, 0.29) is 12.6 Å². The second-order valence-corrected chi connectivity index (χ2v) is 11.6. The van der Waals surface area contributed by atoms with Crippen LogP contribution in [0.25, 0.3) is 11.5 Å². The summed E-state index contributed by atoms with van der Waals surface area (Å²) >= 11 is 3.25. The fourth-order valence-corrected chi connectivity index (χ4v) is 2.69. The Morgan fingerprint density at radius 3 is 2.50 bits per heavy atom. The number of hydrogen-bond donors (Lipinski definition) is 0. The third-order valence-electron chi connectivity index (χ3n) is 3.09. The monoisotopic (exact) mass is 425 g/mol. The summed E-state index contributed by atoms with van der Waals surface area (Å²) in [5.41, 5.74) is -0.592. The molecule has 2 rings (SSSR count). The number of ether oxygens (including phenoxy) is 1. The van der Waals surface area contributed by atoms with Crippen molar-refractivity contribution in [3.05, 3.63) is 34.7 Å². The zero-order valence-electron chi connectivity index (χ0n) is 13.6. The van der Waals surface area contributed by atoms with Crippen LogP contribution in [-0.2, 0) is 17.6 Å². The SMILES string of the molecule is CS(C)(C)CCOCn1cc(C(F)(F)F)nc1-c1ccc(Br)cn1. The van der Waals surface area contributed by atoms with E-state index in [1.165, 1.54) is 10.8 Å². The Kier molecular flexibility index (Phi) is 5.98. The molecule has 0 aliphatic heterocycles. The van der Waals surface area contributed by atoms with Gasteiger partial charge in [-0.15, -0.1) is 0 Å². The van der Waals surface area contributed by atoms with E-state index in [2.05, 4.69) is 44.7 Å². The number of rotatable bonds is 6. The number of alkyl halides is 3. The van der Waals surface area contributed by atoms with Crippen molar-refractivity contribution in [2.24, 2.45) is 0 Å². The fourth-order valence-electron chi connectivity index (χ4n) is 1.84. The largest absolute Gasteiger partial charge is 0.434 e. The Labute approximate surface area is 148 Å². The summed E-state index contributed by atoms with van der Waals surface area (Å²) in [7, 11) is -0.711. The van der Waals surface area contributed by atoms with Gasteiger partial charge >= 0.3 is 6.18 Å². The van der Waals surface area contributed by atoms with E-state index < -0.39 is 21.9 Å². The van der Waals surface area contributed by atoms with Crippen LogP contribution in [-0.4, -0.2) is 45.7 Å². The molecule has 0 aliphatic carbocycles. The molecule has 9 heteroatoms. The van der Waals surface area contributed by atoms with Crippen molar-refractivity contribution >= 4 is 26.0 Å². The summed E-state index contributed by atoms with van der Waals surface area (Å²) in [5.74, 6) is 1.03. The van der Waals surface area contributed by atoms with Gasteiger partial charge in [-0.2, -0.15) is 13.2 Å². The molecule has 0 saturated carbocycles. The summed E-state index contributed by atoms with van der Waals surface area (Å²) in [6, 6.07) is 3.32. The average molecular weight is 426 g/mol. The van der Waals surface area contributed by atoms with Crippen LogP contribution in [0.1, 0.15) is 5.69 Å². The highest BCUT2D eigenvalue weighted by Crippen LogP contribution is 2.34. The molecule has 2 aromatic rings. The lowest BCUT2D eigenvalue weighted by atomic mass is 10.3. The van der Waals surface area contributed by atoms with E-state index in [0.29, 0.717) is 12.3 Å². The molecule has 0 bridgehead atoms. The predicted molar refractivity (Wildman–Crippen MR) is 94.3 cm³/mol. The minimum atomic E-state index is -4.51. The summed E-state index contributed by atoms with van der Waals surface area (Å²) in [6.07, 6.45) is 4.45. The Morgan fingerprint density at radius 1 is 1.25 bits per heavy atom. The van der Waals surface area contributed by atoms with Crippen LogP contribution < -0.4 is 0 Å². The zero-order chi connectivity index (χ0) is 18.0. The first kappa shape index (κ1) is 19.3. The maximum Gasteiger partial charge on any atom is 0.434 e. The minimum absolute atomic E-state index is 0.00563. The normalized spacial score (nSPS) is 13.3. The molecule has 0 fully saturated rings. The van der Waals surface area contributed by atoms with Crippen LogP contribution in [0, 0.1) is 0 Å². The molecule has 0 aromatic carbocycles. The van der Waals surface area contributed by atoms with Crippen molar-refractivity contribution in [2.45, 2.75) is 12.9 Å². The van der Waals surface area contributed by atoms with Gasteiger partial charge in [0.15, 0.2) is 11.5 Å². The molecule has 134 valence electrons. The average Bonchev–Trinajstić information content (AvgIpc) is 2.88. The van der Waals surface area contributed by atoms with Crippen molar-refractivity contribution in [1.29, 1.82) is 0 Å². The second kappa shape index (κ2) is 7.45. The molecule has 0 radical (unpaired) electrons. The van der Waals surface area contributed by atoms with Crippen molar-refractivity contribution in [3.63, 3.8) is 0 Å². The first-order valence-corrected chi connectivity index (χ1v) is 10.9. The molecular weight excluding hydrogens is 407 g/mol. The number of nitrogens with zero attached hydrogens (tertiary/aromatic N) is 3. The number of imidazole rings is 1. The smallest absolute Gasteiger partial charge is 0.360 e. The third-order valence-corrected chi connectivity index (χ3v) is 4.95. The molecule has 24 heavy (non-hydrogen) atoms. The lowest BCUT2D eigenvalue weighted by Gasteiger charge is -2.24. The number of hydrogen-bond acceptors (Lipinski definition) is 3.